The van der Waals surface area contributed by atoms with Crippen LogP contribution in [0.25, 0.3) is 0 Å². The third-order valence-corrected chi connectivity index (χ3v) is 4.85. The molecule has 7 heteroatoms. The number of carbonyl (C=O) groups is 1. The fraction of sp³-hybridized carbons (Fsp3) is 0.417. The molecule has 1 heterocycles. The molecule has 19 heavy (non-hydrogen) atoms. The lowest BCUT2D eigenvalue weighted by atomic mass is 10.1. The zero-order valence-corrected chi connectivity index (χ0v) is 12.0. The number of sulfonamides is 1. The van der Waals surface area contributed by atoms with Gasteiger partial charge < -0.3 is 5.32 Å². The van der Waals surface area contributed by atoms with E-state index in [1.807, 2.05) is 0 Å². The summed E-state index contributed by atoms with van der Waals surface area (Å²) in [6, 6.07) is 5.79. The van der Waals surface area contributed by atoms with Crippen molar-refractivity contribution in [2.75, 3.05) is 6.54 Å². The van der Waals surface area contributed by atoms with Crippen molar-refractivity contribution in [1.82, 2.24) is 10.0 Å². The van der Waals surface area contributed by atoms with E-state index in [0.717, 1.165) is 12.0 Å². The molecule has 0 saturated carbocycles. The van der Waals surface area contributed by atoms with Crippen molar-refractivity contribution in [2.24, 2.45) is 0 Å². The number of hydrogen-bond acceptors (Lipinski definition) is 4. The molecule has 0 radical (unpaired) electrons. The van der Waals surface area contributed by atoms with E-state index in [9.17, 15) is 13.2 Å². The monoisotopic (exact) mass is 300 g/mol. The number of hydrogen-bond donors (Lipinski definition) is 3. The van der Waals surface area contributed by atoms with Gasteiger partial charge >= 0.3 is 0 Å². The average molecular weight is 300 g/mol. The molecule has 104 valence electrons. The SMILES string of the molecule is O=C1NCCCC1NS(=O)(=O)c1ccc(CS)cc1. The van der Waals surface area contributed by atoms with Gasteiger partial charge in [0.15, 0.2) is 0 Å². The average Bonchev–Trinajstić information content (AvgIpc) is 2.41. The number of thiol groups is 1. The summed E-state index contributed by atoms with van der Waals surface area (Å²) < 4.78 is 26.7. The number of benzene rings is 1. The zero-order valence-electron chi connectivity index (χ0n) is 10.3. The van der Waals surface area contributed by atoms with Crippen LogP contribution in [0.2, 0.25) is 0 Å². The van der Waals surface area contributed by atoms with Crippen molar-refractivity contribution in [1.29, 1.82) is 0 Å². The fourth-order valence-corrected chi connectivity index (χ4v) is 3.35. The Morgan fingerprint density at radius 1 is 1.32 bits per heavy atom. The van der Waals surface area contributed by atoms with Gasteiger partial charge in [0.2, 0.25) is 15.9 Å². The highest BCUT2D eigenvalue weighted by Crippen LogP contribution is 2.14. The Hall–Kier alpha value is -1.05. The second-order valence-corrected chi connectivity index (χ2v) is 6.44. The van der Waals surface area contributed by atoms with Crippen LogP contribution in [-0.4, -0.2) is 26.9 Å². The third-order valence-electron chi connectivity index (χ3n) is 3.00. The lowest BCUT2D eigenvalue weighted by molar-refractivity contribution is -0.124. The smallest absolute Gasteiger partial charge is 0.241 e. The van der Waals surface area contributed by atoms with Crippen LogP contribution in [0, 0.1) is 0 Å². The third kappa shape index (κ3) is 3.49. The van der Waals surface area contributed by atoms with Crippen molar-refractivity contribution in [2.45, 2.75) is 29.5 Å². The Morgan fingerprint density at radius 2 is 2.00 bits per heavy atom. The first kappa shape index (κ1) is 14.4. The normalized spacial score (nSPS) is 20.1. The van der Waals surface area contributed by atoms with Crippen molar-refractivity contribution >= 4 is 28.6 Å². The first-order valence-electron chi connectivity index (χ1n) is 6.03. The van der Waals surface area contributed by atoms with Gasteiger partial charge in [-0.05, 0) is 30.5 Å². The Morgan fingerprint density at radius 3 is 2.58 bits per heavy atom. The predicted octanol–water partition coefficient (Wildman–Crippen LogP) is 0.673. The summed E-state index contributed by atoms with van der Waals surface area (Å²) in [6.45, 7) is 0.605. The molecule has 0 spiro atoms. The minimum Gasteiger partial charge on any atom is -0.355 e. The molecule has 0 bridgehead atoms. The number of amides is 1. The minimum atomic E-state index is -3.65. The van der Waals surface area contributed by atoms with Crippen LogP contribution in [0.4, 0.5) is 0 Å². The predicted molar refractivity (Wildman–Crippen MR) is 75.5 cm³/mol. The molecule has 2 N–H and O–H groups in total. The number of rotatable bonds is 4. The van der Waals surface area contributed by atoms with Crippen LogP contribution in [-0.2, 0) is 20.6 Å². The quantitative estimate of drug-likeness (QED) is 0.716. The highest BCUT2D eigenvalue weighted by molar-refractivity contribution is 7.89. The first-order valence-corrected chi connectivity index (χ1v) is 8.14. The summed E-state index contributed by atoms with van der Waals surface area (Å²) in [5, 5.41) is 2.65. The molecule has 1 amide bonds. The second-order valence-electron chi connectivity index (χ2n) is 4.41. The Bertz CT molecular complexity index is 555. The molecule has 1 aliphatic heterocycles. The largest absolute Gasteiger partial charge is 0.355 e. The maximum Gasteiger partial charge on any atom is 0.241 e. The van der Waals surface area contributed by atoms with Crippen molar-refractivity contribution in [3.05, 3.63) is 29.8 Å². The summed E-state index contributed by atoms with van der Waals surface area (Å²) >= 11 is 4.12. The van der Waals surface area contributed by atoms with E-state index in [4.69, 9.17) is 0 Å². The highest BCUT2D eigenvalue weighted by Gasteiger charge is 2.27. The van der Waals surface area contributed by atoms with Crippen molar-refractivity contribution in [3.63, 3.8) is 0 Å². The molecule has 1 saturated heterocycles. The van der Waals surface area contributed by atoms with E-state index in [1.54, 1.807) is 12.1 Å². The Kier molecular flexibility index (Phi) is 4.49. The molecule has 1 aromatic carbocycles. The molecule has 1 fully saturated rings. The van der Waals surface area contributed by atoms with Gasteiger partial charge in [0.1, 0.15) is 6.04 Å². The van der Waals surface area contributed by atoms with Gasteiger partial charge in [0.05, 0.1) is 4.90 Å². The molecule has 1 aliphatic rings. The van der Waals surface area contributed by atoms with Crippen LogP contribution in [0.1, 0.15) is 18.4 Å². The number of carbonyl (C=O) groups excluding carboxylic acids is 1. The van der Waals surface area contributed by atoms with Crippen LogP contribution in [0.5, 0.6) is 0 Å². The molecule has 1 aromatic rings. The van der Waals surface area contributed by atoms with Crippen molar-refractivity contribution < 1.29 is 13.2 Å². The van der Waals surface area contributed by atoms with Crippen LogP contribution < -0.4 is 10.0 Å². The molecule has 1 atom stereocenters. The van der Waals surface area contributed by atoms with Gasteiger partial charge in [-0.3, -0.25) is 4.79 Å². The summed E-state index contributed by atoms with van der Waals surface area (Å²) in [5.74, 6) is 0.292. The fourth-order valence-electron chi connectivity index (χ4n) is 1.91. The topological polar surface area (TPSA) is 75.3 Å². The summed E-state index contributed by atoms with van der Waals surface area (Å²) in [5.41, 5.74) is 0.942. The summed E-state index contributed by atoms with van der Waals surface area (Å²) in [6.07, 6.45) is 1.30. The minimum absolute atomic E-state index is 0.163. The van der Waals surface area contributed by atoms with E-state index in [1.165, 1.54) is 12.1 Å². The van der Waals surface area contributed by atoms with Gasteiger partial charge in [-0.25, -0.2) is 8.42 Å². The molecular formula is C12H16N2O3S2. The number of piperidine rings is 1. The van der Waals surface area contributed by atoms with Gasteiger partial charge in [0, 0.05) is 12.3 Å². The van der Waals surface area contributed by atoms with Gasteiger partial charge in [-0.1, -0.05) is 12.1 Å². The maximum atomic E-state index is 12.1. The molecule has 0 aliphatic carbocycles. The van der Waals surface area contributed by atoms with E-state index in [2.05, 4.69) is 22.7 Å². The van der Waals surface area contributed by atoms with Gasteiger partial charge in [0.25, 0.3) is 0 Å². The van der Waals surface area contributed by atoms with E-state index in [-0.39, 0.29) is 10.8 Å². The maximum absolute atomic E-state index is 12.1. The van der Waals surface area contributed by atoms with E-state index in [0.29, 0.717) is 18.7 Å². The first-order chi connectivity index (χ1) is 9.03. The number of nitrogens with one attached hydrogen (secondary N) is 2. The van der Waals surface area contributed by atoms with Crippen LogP contribution >= 0.6 is 12.6 Å². The molecule has 0 aromatic heterocycles. The highest BCUT2D eigenvalue weighted by atomic mass is 32.2. The van der Waals surface area contributed by atoms with E-state index < -0.39 is 16.1 Å². The van der Waals surface area contributed by atoms with Crippen LogP contribution in [0.15, 0.2) is 29.2 Å². The Labute approximate surface area is 118 Å². The summed E-state index contributed by atoms with van der Waals surface area (Å²) in [4.78, 5) is 11.7. The van der Waals surface area contributed by atoms with Gasteiger partial charge in [-0.2, -0.15) is 17.4 Å². The molecular weight excluding hydrogens is 284 g/mol. The lowest BCUT2D eigenvalue weighted by Crippen LogP contribution is -2.50. The van der Waals surface area contributed by atoms with Crippen molar-refractivity contribution in [3.8, 4) is 0 Å². The zero-order chi connectivity index (χ0) is 13.9. The second kappa shape index (κ2) is 5.94. The summed E-state index contributed by atoms with van der Waals surface area (Å²) in [7, 11) is -3.65. The van der Waals surface area contributed by atoms with Crippen LogP contribution in [0.3, 0.4) is 0 Å². The molecule has 2 rings (SSSR count). The molecule has 5 nitrogen and oxygen atoms in total. The molecule has 1 unspecified atom stereocenters. The standard InChI is InChI=1S/C12H16N2O3S2/c15-12-11(2-1-7-13-12)14-19(16,17)10-5-3-9(8-18)4-6-10/h3-6,11,14,18H,1-2,7-8H2,(H,13,15). The van der Waals surface area contributed by atoms with Gasteiger partial charge in [-0.15, -0.1) is 0 Å². The lowest BCUT2D eigenvalue weighted by Gasteiger charge is -2.22. The van der Waals surface area contributed by atoms with E-state index >= 15 is 0 Å². The Balaban J connectivity index is 2.14.